The zero-order valence-electron chi connectivity index (χ0n) is 13.7. The monoisotopic (exact) mass is 293 g/mol. The maximum Gasteiger partial charge on any atom is 0.246 e. The number of carbonyl (C=O) groups excluding carboxylic acids is 1. The van der Waals surface area contributed by atoms with E-state index in [1.54, 1.807) is 0 Å². The van der Waals surface area contributed by atoms with Gasteiger partial charge in [-0.2, -0.15) is 0 Å². The Morgan fingerprint density at radius 3 is 2.29 bits per heavy atom. The standard InChI is InChI=1S/C16H27N3O2/c1-6-21-12-16(20)17-11-15(19(4)5)13-7-9-14(10-8-13)18(2)3/h7-10,15H,6,11-12H2,1-5H3,(H,17,20). The van der Waals surface area contributed by atoms with Crippen LogP contribution in [-0.2, 0) is 9.53 Å². The molecule has 118 valence electrons. The Bertz CT molecular complexity index is 430. The van der Waals surface area contributed by atoms with Gasteiger partial charge in [-0.1, -0.05) is 12.1 Å². The Balaban J connectivity index is 2.66. The molecule has 0 radical (unpaired) electrons. The average molecular weight is 293 g/mol. The van der Waals surface area contributed by atoms with E-state index in [-0.39, 0.29) is 18.6 Å². The minimum Gasteiger partial charge on any atom is -0.378 e. The topological polar surface area (TPSA) is 44.8 Å². The number of amides is 1. The number of benzene rings is 1. The SMILES string of the molecule is CCOCC(=O)NCC(c1ccc(N(C)C)cc1)N(C)C. The zero-order chi connectivity index (χ0) is 15.8. The van der Waals surface area contributed by atoms with Crippen LogP contribution in [0.3, 0.4) is 0 Å². The molecule has 0 aliphatic carbocycles. The fraction of sp³-hybridized carbons (Fsp3) is 0.562. The van der Waals surface area contributed by atoms with Crippen molar-refractivity contribution in [3.05, 3.63) is 29.8 Å². The Hall–Kier alpha value is -1.59. The van der Waals surface area contributed by atoms with Crippen molar-refractivity contribution in [1.29, 1.82) is 0 Å². The lowest BCUT2D eigenvalue weighted by Gasteiger charge is -2.25. The number of anilines is 1. The predicted molar refractivity (Wildman–Crippen MR) is 86.7 cm³/mol. The van der Waals surface area contributed by atoms with Crippen LogP contribution in [0.2, 0.25) is 0 Å². The number of carbonyl (C=O) groups is 1. The number of nitrogens with zero attached hydrogens (tertiary/aromatic N) is 2. The fourth-order valence-corrected chi connectivity index (χ4v) is 2.05. The molecule has 1 N–H and O–H groups in total. The normalized spacial score (nSPS) is 12.3. The van der Waals surface area contributed by atoms with Crippen molar-refractivity contribution in [2.75, 3.05) is 52.8 Å². The third-order valence-corrected chi connectivity index (χ3v) is 3.35. The minimum atomic E-state index is -0.0754. The third-order valence-electron chi connectivity index (χ3n) is 3.35. The molecule has 5 heteroatoms. The van der Waals surface area contributed by atoms with Crippen LogP contribution < -0.4 is 10.2 Å². The molecular weight excluding hydrogens is 266 g/mol. The van der Waals surface area contributed by atoms with Gasteiger partial charge >= 0.3 is 0 Å². The molecule has 0 saturated carbocycles. The Morgan fingerprint density at radius 2 is 1.81 bits per heavy atom. The van der Waals surface area contributed by atoms with E-state index in [4.69, 9.17) is 4.74 Å². The van der Waals surface area contributed by atoms with Crippen LogP contribution in [0.1, 0.15) is 18.5 Å². The molecule has 1 unspecified atom stereocenters. The molecular formula is C16H27N3O2. The number of likely N-dealkylation sites (N-methyl/N-ethyl adjacent to an activating group) is 1. The summed E-state index contributed by atoms with van der Waals surface area (Å²) in [6.07, 6.45) is 0. The summed E-state index contributed by atoms with van der Waals surface area (Å²) < 4.78 is 5.10. The van der Waals surface area contributed by atoms with E-state index in [0.29, 0.717) is 13.2 Å². The summed E-state index contributed by atoms with van der Waals surface area (Å²) in [6, 6.07) is 8.54. The Labute approximate surface area is 127 Å². The molecule has 0 saturated heterocycles. The molecule has 21 heavy (non-hydrogen) atoms. The summed E-state index contributed by atoms with van der Waals surface area (Å²) in [7, 11) is 8.07. The maximum absolute atomic E-state index is 11.6. The predicted octanol–water partition coefficient (Wildman–Crippen LogP) is 1.51. The second-order valence-electron chi connectivity index (χ2n) is 5.41. The summed E-state index contributed by atoms with van der Waals surface area (Å²) >= 11 is 0. The van der Waals surface area contributed by atoms with Gasteiger partial charge in [0.2, 0.25) is 5.91 Å². The van der Waals surface area contributed by atoms with E-state index in [1.807, 2.05) is 35.1 Å². The number of hydrogen-bond donors (Lipinski definition) is 1. The van der Waals surface area contributed by atoms with Crippen molar-refractivity contribution in [3.8, 4) is 0 Å². The van der Waals surface area contributed by atoms with Crippen LogP contribution in [0.4, 0.5) is 5.69 Å². The molecule has 0 aromatic heterocycles. The summed E-state index contributed by atoms with van der Waals surface area (Å²) in [4.78, 5) is 15.8. The van der Waals surface area contributed by atoms with Crippen LogP contribution in [0.25, 0.3) is 0 Å². The Morgan fingerprint density at radius 1 is 1.19 bits per heavy atom. The summed E-state index contributed by atoms with van der Waals surface area (Å²) in [5.74, 6) is -0.0754. The first-order valence-electron chi connectivity index (χ1n) is 7.23. The van der Waals surface area contributed by atoms with E-state index in [1.165, 1.54) is 5.56 Å². The van der Waals surface area contributed by atoms with Crippen LogP contribution in [0, 0.1) is 0 Å². The lowest BCUT2D eigenvalue weighted by Crippen LogP contribution is -2.36. The van der Waals surface area contributed by atoms with Gasteiger partial charge in [0.1, 0.15) is 6.61 Å². The molecule has 0 aliphatic rings. The molecule has 1 aromatic carbocycles. The van der Waals surface area contributed by atoms with Crippen LogP contribution in [0.5, 0.6) is 0 Å². The van der Waals surface area contributed by atoms with E-state index in [0.717, 1.165) is 5.69 Å². The van der Waals surface area contributed by atoms with Gasteiger partial charge in [0, 0.05) is 32.9 Å². The van der Waals surface area contributed by atoms with E-state index in [2.05, 4.69) is 39.4 Å². The summed E-state index contributed by atoms with van der Waals surface area (Å²) in [5, 5.41) is 2.92. The highest BCUT2D eigenvalue weighted by Gasteiger charge is 2.15. The minimum absolute atomic E-state index is 0.0754. The highest BCUT2D eigenvalue weighted by molar-refractivity contribution is 5.77. The highest BCUT2D eigenvalue weighted by Crippen LogP contribution is 2.20. The molecule has 5 nitrogen and oxygen atoms in total. The quantitative estimate of drug-likeness (QED) is 0.789. The zero-order valence-corrected chi connectivity index (χ0v) is 13.7. The first kappa shape index (κ1) is 17.5. The smallest absolute Gasteiger partial charge is 0.246 e. The van der Waals surface area contributed by atoms with Crippen LogP contribution in [0.15, 0.2) is 24.3 Å². The molecule has 0 aliphatic heterocycles. The molecule has 1 rings (SSSR count). The van der Waals surface area contributed by atoms with Gasteiger partial charge in [-0.3, -0.25) is 4.79 Å². The first-order chi connectivity index (χ1) is 9.95. The summed E-state index contributed by atoms with van der Waals surface area (Å²) in [6.45, 7) is 3.12. The van der Waals surface area contributed by atoms with Crippen LogP contribution in [-0.4, -0.2) is 58.8 Å². The van der Waals surface area contributed by atoms with E-state index >= 15 is 0 Å². The molecule has 0 heterocycles. The average Bonchev–Trinajstić information content (AvgIpc) is 2.45. The van der Waals surface area contributed by atoms with Gasteiger partial charge in [-0.15, -0.1) is 0 Å². The molecule has 0 spiro atoms. The Kier molecular flexibility index (Phi) is 7.19. The third kappa shape index (κ3) is 5.73. The number of nitrogens with one attached hydrogen (secondary N) is 1. The van der Waals surface area contributed by atoms with Gasteiger partial charge in [0.05, 0.1) is 6.04 Å². The van der Waals surface area contributed by atoms with Crippen molar-refractivity contribution in [3.63, 3.8) is 0 Å². The van der Waals surface area contributed by atoms with Gasteiger partial charge in [0.25, 0.3) is 0 Å². The number of hydrogen-bond acceptors (Lipinski definition) is 4. The van der Waals surface area contributed by atoms with Crippen molar-refractivity contribution >= 4 is 11.6 Å². The van der Waals surface area contributed by atoms with Gasteiger partial charge in [0.15, 0.2) is 0 Å². The fourth-order valence-electron chi connectivity index (χ4n) is 2.05. The van der Waals surface area contributed by atoms with Crippen molar-refractivity contribution < 1.29 is 9.53 Å². The van der Waals surface area contributed by atoms with Gasteiger partial charge < -0.3 is 19.9 Å². The second-order valence-corrected chi connectivity index (χ2v) is 5.41. The summed E-state index contributed by atoms with van der Waals surface area (Å²) in [5.41, 5.74) is 2.35. The van der Waals surface area contributed by atoms with Crippen LogP contribution >= 0.6 is 0 Å². The first-order valence-corrected chi connectivity index (χ1v) is 7.23. The van der Waals surface area contributed by atoms with E-state index < -0.39 is 0 Å². The molecule has 0 bridgehead atoms. The van der Waals surface area contributed by atoms with Crippen molar-refractivity contribution in [2.24, 2.45) is 0 Å². The van der Waals surface area contributed by atoms with Gasteiger partial charge in [-0.05, 0) is 38.7 Å². The molecule has 1 aromatic rings. The van der Waals surface area contributed by atoms with Gasteiger partial charge in [-0.25, -0.2) is 0 Å². The largest absolute Gasteiger partial charge is 0.378 e. The molecule has 1 amide bonds. The maximum atomic E-state index is 11.6. The number of ether oxygens (including phenoxy) is 1. The number of rotatable bonds is 8. The van der Waals surface area contributed by atoms with Crippen molar-refractivity contribution in [1.82, 2.24) is 10.2 Å². The highest BCUT2D eigenvalue weighted by atomic mass is 16.5. The lowest BCUT2D eigenvalue weighted by atomic mass is 10.1. The molecule has 0 fully saturated rings. The molecule has 1 atom stereocenters. The van der Waals surface area contributed by atoms with E-state index in [9.17, 15) is 4.79 Å². The second kappa shape index (κ2) is 8.64. The van der Waals surface area contributed by atoms with Crippen molar-refractivity contribution in [2.45, 2.75) is 13.0 Å². The lowest BCUT2D eigenvalue weighted by molar-refractivity contribution is -0.125.